The van der Waals surface area contributed by atoms with E-state index in [-0.39, 0.29) is 16.1 Å². The van der Waals surface area contributed by atoms with Crippen molar-refractivity contribution in [2.75, 3.05) is 11.5 Å². The molecule has 1 unspecified atom stereocenters. The van der Waals surface area contributed by atoms with Crippen LogP contribution in [0.25, 0.3) is 0 Å². The van der Waals surface area contributed by atoms with E-state index >= 15 is 0 Å². The Hall–Kier alpha value is -1.22. The fourth-order valence-electron chi connectivity index (χ4n) is 1.20. The number of amides is 2. The van der Waals surface area contributed by atoms with Gasteiger partial charge in [0.1, 0.15) is 12.1 Å². The van der Waals surface area contributed by atoms with Crippen LogP contribution < -0.4 is 10.6 Å². The summed E-state index contributed by atoms with van der Waals surface area (Å²) in [7, 11) is 0. The zero-order valence-corrected chi connectivity index (χ0v) is 11.1. The minimum atomic E-state index is -1.20. The molecule has 0 saturated carbocycles. The van der Waals surface area contributed by atoms with Gasteiger partial charge >= 0.3 is 5.97 Å². The molecule has 1 aliphatic rings. The monoisotopic (exact) mass is 292 g/mol. The number of hydrogen-bond donors (Lipinski definition) is 3. The molecule has 9 heteroatoms. The molecule has 1 heterocycles. The van der Waals surface area contributed by atoms with Crippen molar-refractivity contribution in [2.24, 2.45) is 0 Å². The standard InChI is InChI=1S/C9H12N2O5S2/c1-4(12)10-5(7(13)14)2-17-8(15)6-3-18-9(16)11-6/h5-6H,2-3H2,1H3,(H,10,12)(H,11,16)(H,13,14)/t5?,6-/m1/s1. The topological polar surface area (TPSA) is 113 Å². The van der Waals surface area contributed by atoms with Crippen molar-refractivity contribution < 1.29 is 24.3 Å². The molecule has 0 bridgehead atoms. The first kappa shape index (κ1) is 14.8. The first-order valence-corrected chi connectivity index (χ1v) is 6.97. The average Bonchev–Trinajstić information content (AvgIpc) is 2.69. The van der Waals surface area contributed by atoms with Gasteiger partial charge in [0.25, 0.3) is 5.24 Å². The number of rotatable bonds is 5. The molecule has 2 amide bonds. The molecule has 3 N–H and O–H groups in total. The van der Waals surface area contributed by atoms with Gasteiger partial charge in [-0.15, -0.1) is 0 Å². The molecule has 0 aromatic heterocycles. The summed E-state index contributed by atoms with van der Waals surface area (Å²) in [5.41, 5.74) is 0. The van der Waals surface area contributed by atoms with E-state index in [4.69, 9.17) is 5.11 Å². The van der Waals surface area contributed by atoms with Gasteiger partial charge in [0.05, 0.1) is 0 Å². The number of carbonyl (C=O) groups excluding carboxylic acids is 3. The number of carboxylic acid groups (broad SMARTS) is 1. The Labute approximate surface area is 111 Å². The second-order valence-electron chi connectivity index (χ2n) is 3.52. The highest BCUT2D eigenvalue weighted by Crippen LogP contribution is 2.18. The number of hydrogen-bond acceptors (Lipinski definition) is 6. The molecular formula is C9H12N2O5S2. The molecule has 100 valence electrons. The molecule has 2 atom stereocenters. The van der Waals surface area contributed by atoms with Crippen LogP contribution in [0.3, 0.4) is 0 Å². The lowest BCUT2D eigenvalue weighted by Crippen LogP contribution is -2.42. The largest absolute Gasteiger partial charge is 0.480 e. The van der Waals surface area contributed by atoms with E-state index in [1.54, 1.807) is 0 Å². The van der Waals surface area contributed by atoms with E-state index in [1.807, 2.05) is 0 Å². The van der Waals surface area contributed by atoms with E-state index in [1.165, 1.54) is 6.92 Å². The Morgan fingerprint density at radius 1 is 1.61 bits per heavy atom. The Balaban J connectivity index is 2.42. The first-order chi connectivity index (χ1) is 8.40. The molecule has 1 aliphatic heterocycles. The van der Waals surface area contributed by atoms with Gasteiger partial charge in [0.15, 0.2) is 0 Å². The molecular weight excluding hydrogens is 280 g/mol. The summed E-state index contributed by atoms with van der Waals surface area (Å²) in [6, 6.07) is -1.69. The molecule has 18 heavy (non-hydrogen) atoms. The van der Waals surface area contributed by atoms with Crippen LogP contribution in [-0.2, 0) is 14.4 Å². The van der Waals surface area contributed by atoms with Crippen LogP contribution in [0.5, 0.6) is 0 Å². The molecule has 1 rings (SSSR count). The number of thioether (sulfide) groups is 2. The second-order valence-corrected chi connectivity index (χ2v) is 5.53. The number of aliphatic carboxylic acids is 1. The van der Waals surface area contributed by atoms with Gasteiger partial charge < -0.3 is 15.7 Å². The quantitative estimate of drug-likeness (QED) is 0.635. The van der Waals surface area contributed by atoms with Crippen LogP contribution in [0.4, 0.5) is 4.79 Å². The summed E-state index contributed by atoms with van der Waals surface area (Å²) in [5, 5.41) is 13.0. The highest BCUT2D eigenvalue weighted by Gasteiger charge is 2.29. The van der Waals surface area contributed by atoms with Crippen molar-refractivity contribution in [3.05, 3.63) is 0 Å². The van der Waals surface area contributed by atoms with Crippen molar-refractivity contribution in [2.45, 2.75) is 19.0 Å². The highest BCUT2D eigenvalue weighted by atomic mass is 32.2. The minimum Gasteiger partial charge on any atom is -0.480 e. The third kappa shape index (κ3) is 4.57. The SMILES string of the molecule is CC(=O)NC(CSC(=O)[C@H]1CSC(=O)N1)C(=O)O. The maximum absolute atomic E-state index is 11.6. The minimum absolute atomic E-state index is 0.0647. The predicted molar refractivity (Wildman–Crippen MR) is 67.5 cm³/mol. The predicted octanol–water partition coefficient (Wildman–Crippen LogP) is -0.340. The lowest BCUT2D eigenvalue weighted by atomic mass is 10.3. The smallest absolute Gasteiger partial charge is 0.327 e. The van der Waals surface area contributed by atoms with Crippen LogP contribution in [0.2, 0.25) is 0 Å². The van der Waals surface area contributed by atoms with Crippen LogP contribution in [-0.4, -0.2) is 50.9 Å². The molecule has 0 spiro atoms. The molecule has 0 aliphatic carbocycles. The van der Waals surface area contributed by atoms with Crippen molar-refractivity contribution in [3.8, 4) is 0 Å². The maximum Gasteiger partial charge on any atom is 0.327 e. The third-order valence-electron chi connectivity index (χ3n) is 2.03. The number of carboxylic acids is 1. The summed E-state index contributed by atoms with van der Waals surface area (Å²) >= 11 is 1.81. The van der Waals surface area contributed by atoms with Crippen LogP contribution in [0.15, 0.2) is 0 Å². The van der Waals surface area contributed by atoms with Crippen molar-refractivity contribution in [3.63, 3.8) is 0 Å². The zero-order chi connectivity index (χ0) is 13.7. The molecule has 1 fully saturated rings. The maximum atomic E-state index is 11.6. The highest BCUT2D eigenvalue weighted by molar-refractivity contribution is 8.15. The Kier molecular flexibility index (Phi) is 5.48. The molecule has 0 aromatic carbocycles. The van der Waals surface area contributed by atoms with Gasteiger partial charge in [0, 0.05) is 18.4 Å². The summed E-state index contributed by atoms with van der Waals surface area (Å²) in [6.45, 7) is 1.20. The van der Waals surface area contributed by atoms with Crippen molar-refractivity contribution >= 4 is 45.8 Å². The van der Waals surface area contributed by atoms with Gasteiger partial charge in [-0.05, 0) is 0 Å². The van der Waals surface area contributed by atoms with E-state index in [9.17, 15) is 19.2 Å². The van der Waals surface area contributed by atoms with Crippen molar-refractivity contribution in [1.29, 1.82) is 0 Å². The van der Waals surface area contributed by atoms with E-state index in [0.717, 1.165) is 23.5 Å². The fraction of sp³-hybridized carbons (Fsp3) is 0.556. The normalized spacial score (nSPS) is 20.1. The van der Waals surface area contributed by atoms with Gasteiger partial charge in [-0.2, -0.15) is 0 Å². The van der Waals surface area contributed by atoms with E-state index in [2.05, 4.69) is 10.6 Å². The lowest BCUT2D eigenvalue weighted by Gasteiger charge is -2.13. The average molecular weight is 292 g/mol. The molecule has 0 aromatic rings. The van der Waals surface area contributed by atoms with Crippen LogP contribution in [0.1, 0.15) is 6.92 Å². The summed E-state index contributed by atoms with van der Waals surface area (Å²) in [6.07, 6.45) is 0. The Morgan fingerprint density at radius 3 is 2.72 bits per heavy atom. The summed E-state index contributed by atoms with van der Waals surface area (Å²) in [4.78, 5) is 44.1. The van der Waals surface area contributed by atoms with E-state index in [0.29, 0.717) is 5.75 Å². The Bertz CT molecular complexity index is 387. The number of carbonyl (C=O) groups is 4. The second kappa shape index (κ2) is 6.64. The summed E-state index contributed by atoms with van der Waals surface area (Å²) < 4.78 is 0. The molecule has 1 saturated heterocycles. The van der Waals surface area contributed by atoms with Gasteiger partial charge in [-0.1, -0.05) is 23.5 Å². The lowest BCUT2D eigenvalue weighted by molar-refractivity contribution is -0.140. The van der Waals surface area contributed by atoms with Gasteiger partial charge in [-0.3, -0.25) is 14.4 Å². The first-order valence-electron chi connectivity index (χ1n) is 5.00. The Morgan fingerprint density at radius 2 is 2.28 bits per heavy atom. The van der Waals surface area contributed by atoms with Crippen LogP contribution >= 0.6 is 23.5 Å². The molecule has 7 nitrogen and oxygen atoms in total. The number of nitrogens with one attached hydrogen (secondary N) is 2. The molecule has 0 radical (unpaired) electrons. The van der Waals surface area contributed by atoms with E-state index < -0.39 is 24.0 Å². The van der Waals surface area contributed by atoms with Crippen LogP contribution in [0, 0.1) is 0 Å². The van der Waals surface area contributed by atoms with Gasteiger partial charge in [-0.25, -0.2) is 4.79 Å². The summed E-state index contributed by atoms with van der Waals surface area (Å²) in [5.74, 6) is -1.39. The third-order valence-corrected chi connectivity index (χ3v) is 3.97. The van der Waals surface area contributed by atoms with Crippen molar-refractivity contribution in [1.82, 2.24) is 10.6 Å². The fourth-order valence-corrected chi connectivity index (χ4v) is 2.98. The van der Waals surface area contributed by atoms with Gasteiger partial charge in [0.2, 0.25) is 11.0 Å². The zero-order valence-electron chi connectivity index (χ0n) is 9.47.